The molecule has 0 aliphatic carbocycles. The van der Waals surface area contributed by atoms with E-state index in [4.69, 9.17) is 5.73 Å². The van der Waals surface area contributed by atoms with Crippen LogP contribution in [-0.2, 0) is 0 Å². The van der Waals surface area contributed by atoms with Crippen molar-refractivity contribution >= 4 is 16.7 Å². The molecular weight excluding hydrogens is 186 g/mol. The first-order valence-corrected chi connectivity index (χ1v) is 5.37. The molecule has 2 N–H and O–H groups in total. The van der Waals surface area contributed by atoms with Gasteiger partial charge < -0.3 is 10.3 Å². The van der Waals surface area contributed by atoms with Crippen molar-refractivity contribution in [2.75, 3.05) is 5.73 Å². The molecule has 0 aliphatic heterocycles. The Morgan fingerprint density at radius 1 is 1.47 bits per heavy atom. The summed E-state index contributed by atoms with van der Waals surface area (Å²) in [6.07, 6.45) is 1.10. The highest BCUT2D eigenvalue weighted by Gasteiger charge is 2.11. The maximum absolute atomic E-state index is 5.80. The lowest BCUT2D eigenvalue weighted by molar-refractivity contribution is 0.532. The molecule has 3 nitrogen and oxygen atoms in total. The van der Waals surface area contributed by atoms with E-state index >= 15 is 0 Å². The van der Waals surface area contributed by atoms with E-state index < -0.39 is 0 Å². The molecule has 0 saturated carbocycles. The van der Waals surface area contributed by atoms with Gasteiger partial charge in [-0.05, 0) is 38.5 Å². The smallest absolute Gasteiger partial charge is 0.106 e. The number of rotatable bonds is 2. The Balaban J connectivity index is 2.70. The van der Waals surface area contributed by atoms with Gasteiger partial charge in [-0.3, -0.25) is 0 Å². The van der Waals surface area contributed by atoms with Crippen molar-refractivity contribution < 1.29 is 0 Å². The number of hydrogen-bond donors (Lipinski definition) is 1. The number of aryl methyl sites for hydroxylation is 1. The summed E-state index contributed by atoms with van der Waals surface area (Å²) in [5.41, 5.74) is 8.77. The fourth-order valence-electron chi connectivity index (χ4n) is 1.97. The van der Waals surface area contributed by atoms with Gasteiger partial charge in [0, 0.05) is 11.7 Å². The van der Waals surface area contributed by atoms with Crippen LogP contribution in [0.1, 0.15) is 32.1 Å². The summed E-state index contributed by atoms with van der Waals surface area (Å²) in [5.74, 6) is 1.06. The second kappa shape index (κ2) is 3.57. The number of nitrogen functional groups attached to an aromatic ring is 1. The van der Waals surface area contributed by atoms with Crippen molar-refractivity contribution in [1.82, 2.24) is 9.55 Å². The second-order valence-corrected chi connectivity index (χ2v) is 4.03. The minimum atomic E-state index is 0.469. The molecule has 15 heavy (non-hydrogen) atoms. The third-order valence-corrected chi connectivity index (χ3v) is 2.92. The van der Waals surface area contributed by atoms with Crippen molar-refractivity contribution in [2.24, 2.45) is 0 Å². The van der Waals surface area contributed by atoms with Gasteiger partial charge >= 0.3 is 0 Å². The summed E-state index contributed by atoms with van der Waals surface area (Å²) in [4.78, 5) is 4.53. The molecule has 0 unspecified atom stereocenters. The predicted octanol–water partition coefficient (Wildman–Crippen LogP) is 2.90. The maximum atomic E-state index is 5.80. The minimum Gasteiger partial charge on any atom is -0.399 e. The molecule has 3 heteroatoms. The molecule has 0 aliphatic rings. The van der Waals surface area contributed by atoms with Crippen LogP contribution in [0.25, 0.3) is 11.0 Å². The minimum absolute atomic E-state index is 0.469. The van der Waals surface area contributed by atoms with E-state index in [1.54, 1.807) is 0 Å². The van der Waals surface area contributed by atoms with E-state index in [2.05, 4.69) is 23.4 Å². The van der Waals surface area contributed by atoms with Crippen LogP contribution in [0.3, 0.4) is 0 Å². The molecule has 80 valence electrons. The number of anilines is 1. The van der Waals surface area contributed by atoms with E-state index in [1.165, 1.54) is 0 Å². The quantitative estimate of drug-likeness (QED) is 0.763. The number of hydrogen-bond acceptors (Lipinski definition) is 2. The molecular formula is C12H17N3. The molecule has 2 aromatic rings. The maximum Gasteiger partial charge on any atom is 0.106 e. The summed E-state index contributed by atoms with van der Waals surface area (Å²) >= 11 is 0. The van der Waals surface area contributed by atoms with E-state index in [1.807, 2.05) is 25.1 Å². The molecule has 0 spiro atoms. The third-order valence-electron chi connectivity index (χ3n) is 2.92. The third kappa shape index (κ3) is 1.58. The number of aromatic nitrogens is 2. The van der Waals surface area contributed by atoms with Crippen molar-refractivity contribution in [3.8, 4) is 0 Å². The van der Waals surface area contributed by atoms with Crippen LogP contribution in [0.4, 0.5) is 5.69 Å². The SMILES string of the molecule is CC[C@H](C)n1c(C)nc2ccc(N)cc21. The Hall–Kier alpha value is -1.51. The molecule has 1 aromatic heterocycles. The van der Waals surface area contributed by atoms with Gasteiger partial charge in [0.15, 0.2) is 0 Å². The predicted molar refractivity (Wildman–Crippen MR) is 63.9 cm³/mol. The zero-order valence-corrected chi connectivity index (χ0v) is 9.49. The Bertz CT molecular complexity index is 485. The van der Waals surface area contributed by atoms with Gasteiger partial charge in [0.05, 0.1) is 11.0 Å². The van der Waals surface area contributed by atoms with E-state index in [0.717, 1.165) is 29.0 Å². The van der Waals surface area contributed by atoms with Crippen molar-refractivity contribution in [3.63, 3.8) is 0 Å². The highest BCUT2D eigenvalue weighted by Crippen LogP contribution is 2.24. The van der Waals surface area contributed by atoms with Crippen LogP contribution in [-0.4, -0.2) is 9.55 Å². The van der Waals surface area contributed by atoms with E-state index in [0.29, 0.717) is 6.04 Å². The Morgan fingerprint density at radius 3 is 2.87 bits per heavy atom. The molecule has 1 aromatic carbocycles. The molecule has 0 radical (unpaired) electrons. The van der Waals surface area contributed by atoms with Gasteiger partial charge in [0.1, 0.15) is 5.82 Å². The van der Waals surface area contributed by atoms with Gasteiger partial charge in [0.2, 0.25) is 0 Å². The number of benzene rings is 1. The summed E-state index contributed by atoms with van der Waals surface area (Å²) in [5, 5.41) is 0. The molecule has 0 fully saturated rings. The second-order valence-electron chi connectivity index (χ2n) is 4.03. The highest BCUT2D eigenvalue weighted by molar-refractivity contribution is 5.79. The summed E-state index contributed by atoms with van der Waals surface area (Å²) in [6, 6.07) is 6.35. The van der Waals surface area contributed by atoms with Gasteiger partial charge in [0.25, 0.3) is 0 Å². The Morgan fingerprint density at radius 2 is 2.20 bits per heavy atom. The fourth-order valence-corrected chi connectivity index (χ4v) is 1.97. The first-order valence-electron chi connectivity index (χ1n) is 5.37. The highest BCUT2D eigenvalue weighted by atomic mass is 15.1. The summed E-state index contributed by atoms with van der Waals surface area (Å²) in [6.45, 7) is 6.43. The van der Waals surface area contributed by atoms with Crippen LogP contribution in [0.2, 0.25) is 0 Å². The van der Waals surface area contributed by atoms with Gasteiger partial charge in [-0.2, -0.15) is 0 Å². The molecule has 2 rings (SSSR count). The normalized spacial score (nSPS) is 13.3. The zero-order chi connectivity index (χ0) is 11.0. The zero-order valence-electron chi connectivity index (χ0n) is 9.49. The van der Waals surface area contributed by atoms with Crippen LogP contribution < -0.4 is 5.73 Å². The number of imidazole rings is 1. The van der Waals surface area contributed by atoms with Crippen molar-refractivity contribution in [2.45, 2.75) is 33.2 Å². The largest absolute Gasteiger partial charge is 0.399 e. The molecule has 0 bridgehead atoms. The lowest BCUT2D eigenvalue weighted by atomic mass is 10.2. The van der Waals surface area contributed by atoms with Gasteiger partial charge in [-0.1, -0.05) is 6.92 Å². The summed E-state index contributed by atoms with van der Waals surface area (Å²) < 4.78 is 2.26. The Kier molecular flexibility index (Phi) is 2.39. The lowest BCUT2D eigenvalue weighted by Gasteiger charge is -2.14. The average Bonchev–Trinajstić information content (AvgIpc) is 2.52. The molecule has 1 heterocycles. The monoisotopic (exact) mass is 203 g/mol. The van der Waals surface area contributed by atoms with Crippen LogP contribution in [0, 0.1) is 6.92 Å². The number of fused-ring (bicyclic) bond motifs is 1. The number of nitrogens with two attached hydrogens (primary N) is 1. The van der Waals surface area contributed by atoms with Gasteiger partial charge in [-0.15, -0.1) is 0 Å². The Labute approximate surface area is 89.9 Å². The van der Waals surface area contributed by atoms with Crippen molar-refractivity contribution in [1.29, 1.82) is 0 Å². The fraction of sp³-hybridized carbons (Fsp3) is 0.417. The van der Waals surface area contributed by atoms with Crippen LogP contribution in [0.5, 0.6) is 0 Å². The topological polar surface area (TPSA) is 43.8 Å². The van der Waals surface area contributed by atoms with E-state index in [-0.39, 0.29) is 0 Å². The van der Waals surface area contributed by atoms with Crippen molar-refractivity contribution in [3.05, 3.63) is 24.0 Å². The van der Waals surface area contributed by atoms with Crippen LogP contribution in [0.15, 0.2) is 18.2 Å². The average molecular weight is 203 g/mol. The van der Waals surface area contributed by atoms with E-state index in [9.17, 15) is 0 Å². The molecule has 1 atom stereocenters. The standard InChI is InChI=1S/C12H17N3/c1-4-8(2)15-9(3)14-11-6-5-10(13)7-12(11)15/h5-8H,4,13H2,1-3H3/t8-/m0/s1. The van der Waals surface area contributed by atoms with Crippen LogP contribution >= 0.6 is 0 Å². The lowest BCUT2D eigenvalue weighted by Crippen LogP contribution is -2.05. The molecule has 0 saturated heterocycles. The molecule has 0 amide bonds. The first kappa shape index (κ1) is 10.0. The van der Waals surface area contributed by atoms with Gasteiger partial charge in [-0.25, -0.2) is 4.98 Å². The summed E-state index contributed by atoms with van der Waals surface area (Å²) in [7, 11) is 0. The first-order chi connectivity index (χ1) is 7.13. The number of nitrogens with zero attached hydrogens (tertiary/aromatic N) is 2.